The van der Waals surface area contributed by atoms with Crippen molar-refractivity contribution in [2.24, 2.45) is 0 Å². The molecule has 0 aliphatic heterocycles. The quantitative estimate of drug-likeness (QED) is 0.407. The number of benzene rings is 3. The number of thioether (sulfide) groups is 1. The number of amides is 1. The van der Waals surface area contributed by atoms with E-state index < -0.39 is 0 Å². The van der Waals surface area contributed by atoms with E-state index in [-0.39, 0.29) is 11.7 Å². The van der Waals surface area contributed by atoms with Gasteiger partial charge in [-0.1, -0.05) is 71.4 Å². The van der Waals surface area contributed by atoms with Gasteiger partial charge in [-0.25, -0.2) is 0 Å². The van der Waals surface area contributed by atoms with Crippen molar-refractivity contribution in [1.82, 2.24) is 14.8 Å². The lowest BCUT2D eigenvalue weighted by atomic mass is 10.1. The fraction of sp³-hybridized carbons (Fsp3) is 0.160. The fourth-order valence-electron chi connectivity index (χ4n) is 3.29. The molecule has 0 aliphatic rings. The lowest BCUT2D eigenvalue weighted by Crippen LogP contribution is -2.15. The summed E-state index contributed by atoms with van der Waals surface area (Å²) in [5.74, 6) is 0.927. The van der Waals surface area contributed by atoms with Crippen LogP contribution in [0.4, 0.5) is 5.69 Å². The van der Waals surface area contributed by atoms with Crippen molar-refractivity contribution in [2.45, 2.75) is 25.9 Å². The maximum Gasteiger partial charge on any atom is 0.234 e. The van der Waals surface area contributed by atoms with Crippen molar-refractivity contribution in [2.75, 3.05) is 11.1 Å². The maximum atomic E-state index is 12.6. The molecule has 6 heteroatoms. The van der Waals surface area contributed by atoms with Gasteiger partial charge in [-0.05, 0) is 50.6 Å². The molecule has 0 saturated carbocycles. The molecule has 3 aromatic carbocycles. The summed E-state index contributed by atoms with van der Waals surface area (Å²) < 4.78 is 2.01. The topological polar surface area (TPSA) is 59.8 Å². The van der Waals surface area contributed by atoms with E-state index in [2.05, 4.69) is 65.8 Å². The summed E-state index contributed by atoms with van der Waals surface area (Å²) >= 11 is 1.38. The van der Waals surface area contributed by atoms with E-state index in [0.29, 0.717) is 5.16 Å². The van der Waals surface area contributed by atoms with Crippen LogP contribution in [0.5, 0.6) is 0 Å². The highest BCUT2D eigenvalue weighted by atomic mass is 32.2. The molecule has 0 unspecified atom stereocenters. The highest BCUT2D eigenvalue weighted by Crippen LogP contribution is 2.28. The van der Waals surface area contributed by atoms with Crippen molar-refractivity contribution in [3.63, 3.8) is 0 Å². The normalized spacial score (nSPS) is 10.8. The van der Waals surface area contributed by atoms with Crippen LogP contribution in [0.3, 0.4) is 0 Å². The van der Waals surface area contributed by atoms with Crippen LogP contribution in [0.1, 0.15) is 16.7 Å². The van der Waals surface area contributed by atoms with Crippen molar-refractivity contribution in [1.29, 1.82) is 0 Å². The number of nitrogens with one attached hydrogen (secondary N) is 1. The first-order chi connectivity index (χ1) is 15.0. The number of rotatable bonds is 6. The second-order valence-electron chi connectivity index (χ2n) is 7.50. The molecule has 0 spiro atoms. The highest BCUT2D eigenvalue weighted by Gasteiger charge is 2.17. The third-order valence-corrected chi connectivity index (χ3v) is 5.88. The minimum atomic E-state index is -0.0742. The average molecular weight is 429 g/mol. The molecule has 1 aromatic heterocycles. The summed E-state index contributed by atoms with van der Waals surface area (Å²) in [5.41, 5.74) is 6.15. The predicted octanol–water partition coefficient (Wildman–Crippen LogP) is 5.59. The molecule has 0 atom stereocenters. The average Bonchev–Trinajstić information content (AvgIpc) is 3.18. The van der Waals surface area contributed by atoms with Crippen molar-refractivity contribution >= 4 is 23.4 Å². The van der Waals surface area contributed by atoms with Crippen LogP contribution < -0.4 is 5.32 Å². The largest absolute Gasteiger partial charge is 0.325 e. The van der Waals surface area contributed by atoms with Gasteiger partial charge in [0.2, 0.25) is 5.91 Å². The molecule has 0 radical (unpaired) electrons. The Morgan fingerprint density at radius 1 is 0.903 bits per heavy atom. The number of hydrogen-bond donors (Lipinski definition) is 1. The lowest BCUT2D eigenvalue weighted by Gasteiger charge is -2.11. The first-order valence-corrected chi connectivity index (χ1v) is 11.1. The number of hydrogen-bond acceptors (Lipinski definition) is 4. The Morgan fingerprint density at radius 2 is 1.68 bits per heavy atom. The van der Waals surface area contributed by atoms with Gasteiger partial charge in [0.25, 0.3) is 0 Å². The third kappa shape index (κ3) is 4.86. The van der Waals surface area contributed by atoms with Crippen LogP contribution in [-0.2, 0) is 4.79 Å². The molecule has 0 aliphatic carbocycles. The van der Waals surface area contributed by atoms with Crippen LogP contribution in [0.2, 0.25) is 0 Å². The second kappa shape index (κ2) is 9.18. The van der Waals surface area contributed by atoms with E-state index in [4.69, 9.17) is 0 Å². The van der Waals surface area contributed by atoms with Gasteiger partial charge in [-0.2, -0.15) is 0 Å². The van der Waals surface area contributed by atoms with E-state index in [0.717, 1.165) is 33.9 Å². The maximum absolute atomic E-state index is 12.6. The molecule has 31 heavy (non-hydrogen) atoms. The van der Waals surface area contributed by atoms with Crippen LogP contribution in [0, 0.1) is 20.8 Å². The highest BCUT2D eigenvalue weighted by molar-refractivity contribution is 7.99. The smallest absolute Gasteiger partial charge is 0.234 e. The van der Waals surface area contributed by atoms with Gasteiger partial charge in [0.15, 0.2) is 11.0 Å². The minimum Gasteiger partial charge on any atom is -0.325 e. The first-order valence-electron chi connectivity index (χ1n) is 10.1. The molecular formula is C25H24N4OS. The standard InChI is InChI=1S/C25H24N4OS/c1-17-11-13-21(14-12-17)29-24(20-9-6-7-18(2)15-20)27-28-25(29)31-16-23(30)26-22-10-5-4-8-19(22)3/h4-15H,16H2,1-3H3,(H,26,30). The zero-order chi connectivity index (χ0) is 21.8. The van der Waals surface area contributed by atoms with Gasteiger partial charge in [-0.15, -0.1) is 10.2 Å². The number of carbonyl (C=O) groups excluding carboxylic acids is 1. The number of nitrogens with zero attached hydrogens (tertiary/aromatic N) is 3. The molecule has 1 N–H and O–H groups in total. The Bertz CT molecular complexity index is 1210. The Morgan fingerprint density at radius 3 is 2.42 bits per heavy atom. The van der Waals surface area contributed by atoms with Crippen molar-refractivity contribution < 1.29 is 4.79 Å². The number of anilines is 1. The van der Waals surface area contributed by atoms with Crippen LogP contribution in [0.25, 0.3) is 17.1 Å². The molecule has 0 bridgehead atoms. The Labute approximate surface area is 186 Å². The van der Waals surface area contributed by atoms with Crippen molar-refractivity contribution in [3.8, 4) is 17.1 Å². The van der Waals surface area contributed by atoms with E-state index in [1.165, 1.54) is 17.3 Å². The van der Waals surface area contributed by atoms with Gasteiger partial charge >= 0.3 is 0 Å². The summed E-state index contributed by atoms with van der Waals surface area (Å²) in [5, 5.41) is 12.5. The van der Waals surface area contributed by atoms with Crippen LogP contribution >= 0.6 is 11.8 Å². The lowest BCUT2D eigenvalue weighted by molar-refractivity contribution is -0.113. The molecule has 5 nitrogen and oxygen atoms in total. The fourth-order valence-corrected chi connectivity index (χ4v) is 4.04. The summed E-state index contributed by atoms with van der Waals surface area (Å²) in [4.78, 5) is 12.6. The van der Waals surface area contributed by atoms with Gasteiger partial charge < -0.3 is 5.32 Å². The molecule has 1 amide bonds. The predicted molar refractivity (Wildman–Crippen MR) is 127 cm³/mol. The zero-order valence-corrected chi connectivity index (χ0v) is 18.6. The summed E-state index contributed by atoms with van der Waals surface area (Å²) in [6.07, 6.45) is 0. The van der Waals surface area contributed by atoms with Gasteiger partial charge in [0.1, 0.15) is 0 Å². The minimum absolute atomic E-state index is 0.0742. The number of carbonyl (C=O) groups is 1. The SMILES string of the molecule is Cc1ccc(-n2c(SCC(=O)Nc3ccccc3C)nnc2-c2cccc(C)c2)cc1. The summed E-state index contributed by atoms with van der Waals surface area (Å²) in [7, 11) is 0. The summed E-state index contributed by atoms with van der Waals surface area (Å²) in [6.45, 7) is 6.09. The van der Waals surface area contributed by atoms with E-state index >= 15 is 0 Å². The molecule has 4 rings (SSSR count). The van der Waals surface area contributed by atoms with E-state index in [9.17, 15) is 4.79 Å². The van der Waals surface area contributed by atoms with E-state index in [1.54, 1.807) is 0 Å². The first kappa shape index (κ1) is 20.9. The molecular weight excluding hydrogens is 404 g/mol. The Hall–Kier alpha value is -3.38. The number of aromatic nitrogens is 3. The van der Waals surface area contributed by atoms with Gasteiger partial charge in [0.05, 0.1) is 5.75 Å². The van der Waals surface area contributed by atoms with Crippen LogP contribution in [-0.4, -0.2) is 26.4 Å². The molecule has 4 aromatic rings. The van der Waals surface area contributed by atoms with Crippen molar-refractivity contribution in [3.05, 3.63) is 89.5 Å². The molecule has 1 heterocycles. The van der Waals surface area contributed by atoms with Crippen LogP contribution in [0.15, 0.2) is 78.0 Å². The third-order valence-electron chi connectivity index (χ3n) is 4.95. The Kier molecular flexibility index (Phi) is 6.18. The van der Waals surface area contributed by atoms with Gasteiger partial charge in [0, 0.05) is 16.9 Å². The zero-order valence-electron chi connectivity index (χ0n) is 17.8. The second-order valence-corrected chi connectivity index (χ2v) is 8.44. The molecule has 0 saturated heterocycles. The van der Waals surface area contributed by atoms with E-state index in [1.807, 2.05) is 47.9 Å². The summed E-state index contributed by atoms with van der Waals surface area (Å²) in [6, 6.07) is 24.2. The number of aryl methyl sites for hydroxylation is 3. The monoisotopic (exact) mass is 428 g/mol. The number of para-hydroxylation sites is 1. The Balaban J connectivity index is 1.62. The molecule has 156 valence electrons. The molecule has 0 fully saturated rings. The van der Waals surface area contributed by atoms with Gasteiger partial charge in [-0.3, -0.25) is 9.36 Å².